The van der Waals surface area contributed by atoms with Crippen molar-refractivity contribution in [3.05, 3.63) is 46.5 Å². The summed E-state index contributed by atoms with van der Waals surface area (Å²) in [5, 5.41) is 17.5. The molecule has 1 aromatic heterocycles. The van der Waals surface area contributed by atoms with Crippen LogP contribution >= 0.6 is 0 Å². The highest BCUT2D eigenvalue weighted by Gasteiger charge is 2.32. The molecule has 1 aromatic carbocycles. The lowest BCUT2D eigenvalue weighted by Gasteiger charge is -2.09. The molecule has 0 N–H and O–H groups in total. The summed E-state index contributed by atoms with van der Waals surface area (Å²) in [4.78, 5) is 9.98. The molecule has 9 heteroatoms. The van der Waals surface area contributed by atoms with Gasteiger partial charge in [0.05, 0.1) is 10.5 Å². The summed E-state index contributed by atoms with van der Waals surface area (Å²) >= 11 is 0. The van der Waals surface area contributed by atoms with Gasteiger partial charge < -0.3 is 0 Å². The van der Waals surface area contributed by atoms with Crippen molar-refractivity contribution in [2.45, 2.75) is 6.18 Å². The number of hydrogen-bond donors (Lipinski definition) is 0. The maximum Gasteiger partial charge on any atom is 0.416 e. The Bertz CT molecular complexity index is 580. The van der Waals surface area contributed by atoms with Gasteiger partial charge in [-0.1, -0.05) is 0 Å². The second-order valence-corrected chi connectivity index (χ2v) is 3.33. The number of alkyl halides is 3. The van der Waals surface area contributed by atoms with Gasteiger partial charge in [0, 0.05) is 6.07 Å². The molecular formula is C9H5F3N4O2. The summed E-state index contributed by atoms with van der Waals surface area (Å²) in [6, 6.07) is 2.14. The first kappa shape index (κ1) is 12.0. The van der Waals surface area contributed by atoms with E-state index in [2.05, 4.69) is 10.2 Å². The number of halogens is 3. The lowest BCUT2D eigenvalue weighted by atomic mass is 10.1. The van der Waals surface area contributed by atoms with Gasteiger partial charge in [-0.2, -0.15) is 13.2 Å². The standard InChI is InChI=1S/C9H5F3N4O2/c10-9(11,12)6-1-2-7(16(17)18)8(3-6)15-4-13-14-5-15/h1-5H. The Morgan fingerprint density at radius 1 is 1.22 bits per heavy atom. The molecule has 0 aliphatic heterocycles. The van der Waals surface area contributed by atoms with Crippen molar-refractivity contribution < 1.29 is 18.1 Å². The zero-order chi connectivity index (χ0) is 13.3. The summed E-state index contributed by atoms with van der Waals surface area (Å²) in [5.74, 6) is 0. The highest BCUT2D eigenvalue weighted by atomic mass is 19.4. The predicted octanol–water partition coefficient (Wildman–Crippen LogP) is 2.19. The van der Waals surface area contributed by atoms with Crippen molar-refractivity contribution in [1.29, 1.82) is 0 Å². The fourth-order valence-corrected chi connectivity index (χ4v) is 1.39. The quantitative estimate of drug-likeness (QED) is 0.611. The molecule has 0 fully saturated rings. The predicted molar refractivity (Wildman–Crippen MR) is 53.0 cm³/mol. The van der Waals surface area contributed by atoms with Crippen LogP contribution in [0.15, 0.2) is 30.9 Å². The van der Waals surface area contributed by atoms with Gasteiger partial charge in [0.15, 0.2) is 0 Å². The molecule has 0 atom stereocenters. The number of nitrogens with zero attached hydrogens (tertiary/aromatic N) is 4. The summed E-state index contributed by atoms with van der Waals surface area (Å²) < 4.78 is 38.6. The van der Waals surface area contributed by atoms with Gasteiger partial charge in [0.1, 0.15) is 18.3 Å². The van der Waals surface area contributed by atoms with E-state index >= 15 is 0 Å². The van der Waals surface area contributed by atoms with E-state index in [0.717, 1.165) is 23.3 Å². The second-order valence-electron chi connectivity index (χ2n) is 3.33. The number of benzene rings is 1. The fraction of sp³-hybridized carbons (Fsp3) is 0.111. The molecule has 0 unspecified atom stereocenters. The van der Waals surface area contributed by atoms with Crippen LogP contribution in [-0.4, -0.2) is 19.7 Å². The van der Waals surface area contributed by atoms with Crippen molar-refractivity contribution >= 4 is 5.69 Å². The summed E-state index contributed by atoms with van der Waals surface area (Å²) in [6.45, 7) is 0. The molecule has 0 spiro atoms. The fourth-order valence-electron chi connectivity index (χ4n) is 1.39. The van der Waals surface area contributed by atoms with Crippen molar-refractivity contribution in [1.82, 2.24) is 14.8 Å². The van der Waals surface area contributed by atoms with Crippen LogP contribution in [0.2, 0.25) is 0 Å². The molecule has 0 saturated heterocycles. The van der Waals surface area contributed by atoms with Crippen LogP contribution in [0.25, 0.3) is 5.69 Å². The van der Waals surface area contributed by atoms with Crippen LogP contribution in [0.4, 0.5) is 18.9 Å². The monoisotopic (exact) mass is 258 g/mol. The Balaban J connectivity index is 2.63. The normalized spacial score (nSPS) is 11.5. The first-order valence-corrected chi connectivity index (χ1v) is 4.60. The Kier molecular flexibility index (Phi) is 2.73. The molecular weight excluding hydrogens is 253 g/mol. The number of hydrogen-bond acceptors (Lipinski definition) is 4. The van der Waals surface area contributed by atoms with E-state index in [4.69, 9.17) is 0 Å². The minimum absolute atomic E-state index is 0.236. The third-order valence-electron chi connectivity index (χ3n) is 2.20. The van der Waals surface area contributed by atoms with Crippen LogP contribution in [0.3, 0.4) is 0 Å². The molecule has 1 heterocycles. The van der Waals surface area contributed by atoms with Crippen molar-refractivity contribution in [3.63, 3.8) is 0 Å². The van der Waals surface area contributed by atoms with Gasteiger partial charge >= 0.3 is 6.18 Å². The largest absolute Gasteiger partial charge is 0.416 e. The van der Waals surface area contributed by atoms with Crippen LogP contribution in [-0.2, 0) is 6.18 Å². The number of nitro groups is 1. The molecule has 94 valence electrons. The van der Waals surface area contributed by atoms with Gasteiger partial charge in [-0.3, -0.25) is 14.7 Å². The van der Waals surface area contributed by atoms with Gasteiger partial charge in [0.25, 0.3) is 5.69 Å². The maximum atomic E-state index is 12.5. The summed E-state index contributed by atoms with van der Waals surface area (Å²) in [6.07, 6.45) is -2.40. The minimum Gasteiger partial charge on any atom is -0.282 e. The van der Waals surface area contributed by atoms with Crippen molar-refractivity contribution in [2.24, 2.45) is 0 Å². The molecule has 0 amide bonds. The lowest BCUT2D eigenvalue weighted by molar-refractivity contribution is -0.384. The van der Waals surface area contributed by atoms with E-state index in [-0.39, 0.29) is 5.69 Å². The topological polar surface area (TPSA) is 73.8 Å². The smallest absolute Gasteiger partial charge is 0.282 e. The Morgan fingerprint density at radius 2 is 1.83 bits per heavy atom. The van der Waals surface area contributed by atoms with E-state index in [1.807, 2.05) is 0 Å². The zero-order valence-corrected chi connectivity index (χ0v) is 8.63. The lowest BCUT2D eigenvalue weighted by Crippen LogP contribution is -2.07. The number of aromatic nitrogens is 3. The van der Waals surface area contributed by atoms with E-state index in [9.17, 15) is 23.3 Å². The van der Waals surface area contributed by atoms with Gasteiger partial charge in [0.2, 0.25) is 0 Å². The van der Waals surface area contributed by atoms with Crippen molar-refractivity contribution in [3.8, 4) is 5.69 Å². The van der Waals surface area contributed by atoms with E-state index in [0.29, 0.717) is 12.1 Å². The van der Waals surface area contributed by atoms with Gasteiger partial charge in [-0.05, 0) is 12.1 Å². The highest BCUT2D eigenvalue weighted by Crippen LogP contribution is 2.33. The molecule has 0 aliphatic carbocycles. The van der Waals surface area contributed by atoms with Crippen molar-refractivity contribution in [2.75, 3.05) is 0 Å². The molecule has 6 nitrogen and oxygen atoms in total. The molecule has 0 aliphatic rings. The Labute approximate surface area is 97.8 Å². The summed E-state index contributed by atoms with van der Waals surface area (Å²) in [7, 11) is 0. The summed E-state index contributed by atoms with van der Waals surface area (Å²) in [5.41, 5.74) is -1.67. The molecule has 0 radical (unpaired) electrons. The van der Waals surface area contributed by atoms with Gasteiger partial charge in [-0.15, -0.1) is 10.2 Å². The SMILES string of the molecule is O=[N+]([O-])c1ccc(C(F)(F)F)cc1-n1cnnc1. The first-order valence-electron chi connectivity index (χ1n) is 4.60. The molecule has 2 rings (SSSR count). The first-order chi connectivity index (χ1) is 8.39. The highest BCUT2D eigenvalue weighted by molar-refractivity contribution is 5.54. The minimum atomic E-state index is -4.57. The molecule has 2 aromatic rings. The van der Waals surface area contributed by atoms with Crippen LogP contribution in [0, 0.1) is 10.1 Å². The Hall–Kier alpha value is -2.45. The van der Waals surface area contributed by atoms with Crippen LogP contribution in [0.1, 0.15) is 5.56 Å². The van der Waals surface area contributed by atoms with Gasteiger partial charge in [-0.25, -0.2) is 0 Å². The number of rotatable bonds is 2. The van der Waals surface area contributed by atoms with Crippen LogP contribution < -0.4 is 0 Å². The third kappa shape index (κ3) is 2.14. The molecule has 0 saturated carbocycles. The zero-order valence-electron chi connectivity index (χ0n) is 8.63. The van der Waals surface area contributed by atoms with E-state index in [1.165, 1.54) is 0 Å². The van der Waals surface area contributed by atoms with Crippen LogP contribution in [0.5, 0.6) is 0 Å². The third-order valence-corrected chi connectivity index (χ3v) is 2.20. The Morgan fingerprint density at radius 3 is 2.33 bits per heavy atom. The maximum absolute atomic E-state index is 12.5. The second kappa shape index (κ2) is 4.09. The average Bonchev–Trinajstić information content (AvgIpc) is 2.80. The molecule has 18 heavy (non-hydrogen) atoms. The van der Waals surface area contributed by atoms with E-state index < -0.39 is 22.4 Å². The van der Waals surface area contributed by atoms with E-state index in [1.54, 1.807) is 0 Å². The molecule has 0 bridgehead atoms. The average molecular weight is 258 g/mol. The number of nitro benzene ring substituents is 1.